The largest absolute Gasteiger partial charge is 0.497 e. The maximum Gasteiger partial charge on any atom is 0.321 e. The van der Waals surface area contributed by atoms with E-state index in [0.29, 0.717) is 30.3 Å². The fourth-order valence-corrected chi connectivity index (χ4v) is 4.33. The number of ether oxygens (including phenoxy) is 2. The first-order chi connectivity index (χ1) is 12.5. The van der Waals surface area contributed by atoms with Crippen molar-refractivity contribution in [3.8, 4) is 11.5 Å². The number of hydrogen-bond donors (Lipinski definition) is 2. The molecule has 1 aromatic rings. The van der Waals surface area contributed by atoms with Gasteiger partial charge in [-0.15, -0.1) is 0 Å². The predicted molar refractivity (Wildman–Crippen MR) is 98.6 cm³/mol. The van der Waals surface area contributed by atoms with Crippen LogP contribution in [0.25, 0.3) is 0 Å². The molecule has 7 heteroatoms. The Kier molecular flexibility index (Phi) is 5.25. The van der Waals surface area contributed by atoms with Crippen molar-refractivity contribution in [1.29, 1.82) is 0 Å². The number of hydrogen-bond acceptors (Lipinski definition) is 4. The van der Waals surface area contributed by atoms with Crippen molar-refractivity contribution in [2.45, 2.75) is 25.7 Å². The van der Waals surface area contributed by atoms with E-state index in [1.807, 2.05) is 0 Å². The zero-order valence-corrected chi connectivity index (χ0v) is 15.6. The van der Waals surface area contributed by atoms with Crippen LogP contribution in [-0.4, -0.2) is 51.2 Å². The normalized spacial score (nSPS) is 20.9. The molecule has 0 aromatic heterocycles. The first-order valence-electron chi connectivity index (χ1n) is 9.02. The Morgan fingerprint density at radius 3 is 2.27 bits per heavy atom. The number of nitrogens with one attached hydrogen (secondary N) is 2. The molecule has 1 spiro atoms. The van der Waals surface area contributed by atoms with E-state index in [-0.39, 0.29) is 23.3 Å². The zero-order valence-electron chi connectivity index (χ0n) is 15.6. The summed E-state index contributed by atoms with van der Waals surface area (Å²) in [7, 11) is 4.80. The van der Waals surface area contributed by atoms with E-state index >= 15 is 0 Å². The molecule has 1 saturated heterocycles. The van der Waals surface area contributed by atoms with Gasteiger partial charge in [0.05, 0.1) is 20.1 Å². The molecule has 1 saturated carbocycles. The standard InChI is InChI=1S/C19H27N3O4/c1-20-17(23)16-11-22(12-19(16)6-4-5-7-19)18(24)21-13-8-14(25-2)10-15(9-13)26-3/h8-10,16H,4-7,11-12H2,1-3H3,(H,20,23)(H,21,24). The lowest BCUT2D eigenvalue weighted by atomic mass is 9.76. The molecular formula is C19H27N3O4. The van der Waals surface area contributed by atoms with E-state index in [9.17, 15) is 9.59 Å². The van der Waals surface area contributed by atoms with Gasteiger partial charge in [0.25, 0.3) is 0 Å². The summed E-state index contributed by atoms with van der Waals surface area (Å²) >= 11 is 0. The van der Waals surface area contributed by atoms with Gasteiger partial charge >= 0.3 is 6.03 Å². The number of carbonyl (C=O) groups is 2. The van der Waals surface area contributed by atoms with Crippen LogP contribution >= 0.6 is 0 Å². The van der Waals surface area contributed by atoms with Crippen LogP contribution in [0.1, 0.15) is 25.7 Å². The predicted octanol–water partition coefficient (Wildman–Crippen LogP) is 2.47. The second kappa shape index (κ2) is 7.43. The van der Waals surface area contributed by atoms with Gasteiger partial charge in [0.15, 0.2) is 0 Å². The summed E-state index contributed by atoms with van der Waals surface area (Å²) in [6.45, 7) is 1.07. The molecule has 1 atom stereocenters. The number of anilines is 1. The van der Waals surface area contributed by atoms with Gasteiger partial charge in [0.2, 0.25) is 5.91 Å². The van der Waals surface area contributed by atoms with Crippen LogP contribution in [0.4, 0.5) is 10.5 Å². The van der Waals surface area contributed by atoms with Crippen molar-refractivity contribution in [1.82, 2.24) is 10.2 Å². The number of rotatable bonds is 4. The van der Waals surface area contributed by atoms with E-state index < -0.39 is 0 Å². The van der Waals surface area contributed by atoms with Gasteiger partial charge in [-0.05, 0) is 12.8 Å². The third-order valence-electron chi connectivity index (χ3n) is 5.70. The molecule has 3 rings (SSSR count). The maximum atomic E-state index is 12.8. The zero-order chi connectivity index (χ0) is 18.7. The van der Waals surface area contributed by atoms with Crippen molar-refractivity contribution in [2.75, 3.05) is 39.7 Å². The van der Waals surface area contributed by atoms with Gasteiger partial charge < -0.3 is 25.0 Å². The summed E-state index contributed by atoms with van der Waals surface area (Å²) in [5, 5.41) is 5.68. The van der Waals surface area contributed by atoms with E-state index in [1.165, 1.54) is 0 Å². The number of likely N-dealkylation sites (tertiary alicyclic amines) is 1. The molecule has 3 amide bonds. The summed E-state index contributed by atoms with van der Waals surface area (Å²) < 4.78 is 10.5. The molecule has 1 unspecified atom stereocenters. The highest BCUT2D eigenvalue weighted by molar-refractivity contribution is 5.91. The van der Waals surface area contributed by atoms with Gasteiger partial charge in [-0.3, -0.25) is 4.79 Å². The number of amides is 3. The average Bonchev–Trinajstić information content (AvgIpc) is 3.28. The lowest BCUT2D eigenvalue weighted by Crippen LogP contribution is -2.38. The first-order valence-corrected chi connectivity index (χ1v) is 9.02. The summed E-state index contributed by atoms with van der Waals surface area (Å²) in [5.41, 5.74) is 0.527. The topological polar surface area (TPSA) is 79.9 Å². The lowest BCUT2D eigenvalue weighted by molar-refractivity contribution is -0.127. The van der Waals surface area contributed by atoms with Crippen LogP contribution in [0.15, 0.2) is 18.2 Å². The van der Waals surface area contributed by atoms with Crippen LogP contribution in [0, 0.1) is 11.3 Å². The van der Waals surface area contributed by atoms with Gasteiger partial charge in [0.1, 0.15) is 11.5 Å². The Bertz CT molecular complexity index is 663. The summed E-state index contributed by atoms with van der Waals surface area (Å²) in [6, 6.07) is 5.05. The quantitative estimate of drug-likeness (QED) is 0.863. The minimum absolute atomic E-state index is 0.0326. The first kappa shape index (κ1) is 18.4. The lowest BCUT2D eigenvalue weighted by Gasteiger charge is -2.28. The SMILES string of the molecule is CNC(=O)C1CN(C(=O)Nc2cc(OC)cc(OC)c2)CC12CCCC2. The third-order valence-corrected chi connectivity index (χ3v) is 5.70. The van der Waals surface area contributed by atoms with Crippen LogP contribution in [-0.2, 0) is 4.79 Å². The minimum atomic E-state index is -0.196. The van der Waals surface area contributed by atoms with Crippen molar-refractivity contribution in [3.05, 3.63) is 18.2 Å². The Hall–Kier alpha value is -2.44. The highest BCUT2D eigenvalue weighted by atomic mass is 16.5. The molecule has 142 valence electrons. The molecule has 1 aliphatic carbocycles. The Morgan fingerprint density at radius 1 is 1.12 bits per heavy atom. The minimum Gasteiger partial charge on any atom is -0.497 e. The molecular weight excluding hydrogens is 334 g/mol. The number of benzene rings is 1. The van der Waals surface area contributed by atoms with E-state index in [4.69, 9.17) is 9.47 Å². The van der Waals surface area contributed by atoms with Gasteiger partial charge in [-0.2, -0.15) is 0 Å². The molecule has 1 heterocycles. The third kappa shape index (κ3) is 3.43. The molecule has 0 radical (unpaired) electrons. The molecule has 2 N–H and O–H groups in total. The molecule has 1 aliphatic heterocycles. The molecule has 2 fully saturated rings. The second-order valence-corrected chi connectivity index (χ2v) is 7.15. The number of carbonyl (C=O) groups excluding carboxylic acids is 2. The summed E-state index contributed by atoms with van der Waals surface area (Å²) in [5.74, 6) is 1.11. The van der Waals surface area contributed by atoms with Crippen LogP contribution in [0.2, 0.25) is 0 Å². The highest BCUT2D eigenvalue weighted by Gasteiger charge is 2.52. The Labute approximate surface area is 154 Å². The van der Waals surface area contributed by atoms with Crippen LogP contribution < -0.4 is 20.1 Å². The van der Waals surface area contributed by atoms with Crippen molar-refractivity contribution in [2.24, 2.45) is 11.3 Å². The van der Waals surface area contributed by atoms with Gasteiger partial charge in [-0.1, -0.05) is 12.8 Å². The number of urea groups is 1. The fraction of sp³-hybridized carbons (Fsp3) is 0.579. The Morgan fingerprint density at radius 2 is 1.73 bits per heavy atom. The molecule has 7 nitrogen and oxygen atoms in total. The number of methoxy groups -OCH3 is 2. The van der Waals surface area contributed by atoms with E-state index in [2.05, 4.69) is 10.6 Å². The molecule has 2 aliphatic rings. The van der Waals surface area contributed by atoms with Gasteiger partial charge in [-0.25, -0.2) is 4.79 Å². The second-order valence-electron chi connectivity index (χ2n) is 7.15. The molecule has 0 bridgehead atoms. The monoisotopic (exact) mass is 361 g/mol. The molecule has 1 aromatic carbocycles. The van der Waals surface area contributed by atoms with E-state index in [1.54, 1.807) is 44.4 Å². The Balaban J connectivity index is 1.75. The average molecular weight is 361 g/mol. The summed E-state index contributed by atoms with van der Waals surface area (Å²) in [4.78, 5) is 26.9. The van der Waals surface area contributed by atoms with Crippen molar-refractivity contribution in [3.63, 3.8) is 0 Å². The van der Waals surface area contributed by atoms with Gasteiger partial charge in [0, 0.05) is 49.4 Å². The number of nitrogens with zero attached hydrogens (tertiary/aromatic N) is 1. The smallest absolute Gasteiger partial charge is 0.321 e. The highest BCUT2D eigenvalue weighted by Crippen LogP contribution is 2.49. The van der Waals surface area contributed by atoms with Crippen LogP contribution in [0.3, 0.4) is 0 Å². The van der Waals surface area contributed by atoms with Crippen molar-refractivity contribution < 1.29 is 19.1 Å². The maximum absolute atomic E-state index is 12.8. The van der Waals surface area contributed by atoms with Crippen LogP contribution in [0.5, 0.6) is 11.5 Å². The van der Waals surface area contributed by atoms with Crippen molar-refractivity contribution >= 4 is 17.6 Å². The molecule has 26 heavy (non-hydrogen) atoms. The fourth-order valence-electron chi connectivity index (χ4n) is 4.33. The summed E-state index contributed by atoms with van der Waals surface area (Å²) in [6.07, 6.45) is 4.25. The van der Waals surface area contributed by atoms with E-state index in [0.717, 1.165) is 25.7 Å².